The van der Waals surface area contributed by atoms with E-state index in [2.05, 4.69) is 26.0 Å². The number of halogens is 2. The van der Waals surface area contributed by atoms with Crippen molar-refractivity contribution in [3.05, 3.63) is 102 Å². The number of nitrogens with zero attached hydrogens (tertiary/aromatic N) is 4. The third kappa shape index (κ3) is 6.03. The summed E-state index contributed by atoms with van der Waals surface area (Å²) >= 11 is 9.96. The number of rotatable bonds is 9. The minimum Gasteiger partial charge on any atom is -0.490 e. The SMILES string of the molecule is CCOc1cc(C=Nn2c(C(C)C)nc3ccc(Br)cc3c2=O)cc(Cl)c1OCc1ccc([N+](=O)[O-])cc1. The Balaban J connectivity index is 1.66. The molecule has 0 radical (unpaired) electrons. The van der Waals surface area contributed by atoms with E-state index in [-0.39, 0.29) is 28.8 Å². The highest BCUT2D eigenvalue weighted by molar-refractivity contribution is 9.10. The standard InChI is InChI=1S/C27H24BrClN4O5/c1-4-37-24-12-18(11-22(29)25(24)38-15-17-5-8-20(9-6-17)33(35)36)14-30-32-26(16(2)3)31-23-10-7-19(28)13-21(23)27(32)34/h5-14,16H,4,15H2,1-3H3. The first-order valence-electron chi connectivity index (χ1n) is 11.8. The minimum atomic E-state index is -0.458. The Bertz CT molecular complexity index is 1590. The first-order valence-corrected chi connectivity index (χ1v) is 12.9. The zero-order chi connectivity index (χ0) is 27.4. The molecule has 0 N–H and O–H groups in total. The molecule has 0 atom stereocenters. The van der Waals surface area contributed by atoms with Gasteiger partial charge in [-0.25, -0.2) is 4.98 Å². The molecule has 196 valence electrons. The van der Waals surface area contributed by atoms with Crippen LogP contribution in [-0.4, -0.2) is 27.4 Å². The Morgan fingerprint density at radius 1 is 1.16 bits per heavy atom. The Kier molecular flexibility index (Phi) is 8.43. The Morgan fingerprint density at radius 2 is 1.89 bits per heavy atom. The molecule has 38 heavy (non-hydrogen) atoms. The topological polar surface area (TPSA) is 109 Å². The molecule has 0 fully saturated rings. The summed E-state index contributed by atoms with van der Waals surface area (Å²) in [4.78, 5) is 28.3. The van der Waals surface area contributed by atoms with Crippen molar-refractivity contribution in [1.82, 2.24) is 9.66 Å². The lowest BCUT2D eigenvalue weighted by molar-refractivity contribution is -0.384. The van der Waals surface area contributed by atoms with Crippen molar-refractivity contribution in [2.75, 3.05) is 6.61 Å². The number of aromatic nitrogens is 2. The second kappa shape index (κ2) is 11.7. The summed E-state index contributed by atoms with van der Waals surface area (Å²) in [5, 5.41) is 16.1. The molecule has 11 heteroatoms. The third-order valence-corrected chi connectivity index (χ3v) is 6.31. The molecule has 0 spiro atoms. The van der Waals surface area contributed by atoms with Gasteiger partial charge in [-0.3, -0.25) is 14.9 Å². The number of benzene rings is 3. The van der Waals surface area contributed by atoms with E-state index in [1.165, 1.54) is 23.0 Å². The van der Waals surface area contributed by atoms with Crippen molar-refractivity contribution in [2.24, 2.45) is 5.10 Å². The molecule has 0 saturated carbocycles. The van der Waals surface area contributed by atoms with Crippen LogP contribution in [-0.2, 0) is 6.61 Å². The number of hydrogen-bond acceptors (Lipinski definition) is 7. The molecule has 0 aliphatic carbocycles. The number of nitro groups is 1. The van der Waals surface area contributed by atoms with E-state index in [4.69, 9.17) is 21.1 Å². The normalized spacial score (nSPS) is 11.4. The maximum absolute atomic E-state index is 13.3. The predicted molar refractivity (Wildman–Crippen MR) is 151 cm³/mol. The number of ether oxygens (including phenoxy) is 2. The lowest BCUT2D eigenvalue weighted by Gasteiger charge is -2.15. The second-order valence-electron chi connectivity index (χ2n) is 8.62. The van der Waals surface area contributed by atoms with E-state index in [9.17, 15) is 14.9 Å². The average molecular weight is 600 g/mol. The van der Waals surface area contributed by atoms with Crippen LogP contribution in [0.25, 0.3) is 10.9 Å². The second-order valence-corrected chi connectivity index (χ2v) is 9.95. The summed E-state index contributed by atoms with van der Waals surface area (Å²) in [6.45, 7) is 6.23. The number of hydrogen-bond donors (Lipinski definition) is 0. The molecule has 1 aromatic heterocycles. The van der Waals surface area contributed by atoms with Gasteiger partial charge in [0.25, 0.3) is 11.2 Å². The van der Waals surface area contributed by atoms with Crippen LogP contribution in [0.4, 0.5) is 5.69 Å². The first-order chi connectivity index (χ1) is 18.2. The molecule has 0 amide bonds. The van der Waals surface area contributed by atoms with E-state index >= 15 is 0 Å². The van der Waals surface area contributed by atoms with E-state index in [0.29, 0.717) is 40.4 Å². The molecule has 0 aliphatic rings. The van der Waals surface area contributed by atoms with Crippen LogP contribution in [0.3, 0.4) is 0 Å². The fourth-order valence-corrected chi connectivity index (χ4v) is 4.35. The fourth-order valence-electron chi connectivity index (χ4n) is 3.71. The summed E-state index contributed by atoms with van der Waals surface area (Å²) in [6, 6.07) is 14.8. The minimum absolute atomic E-state index is 0.000549. The lowest BCUT2D eigenvalue weighted by atomic mass is 10.2. The van der Waals surface area contributed by atoms with Gasteiger partial charge in [0.2, 0.25) is 0 Å². The predicted octanol–water partition coefficient (Wildman–Crippen LogP) is 6.70. The quantitative estimate of drug-likeness (QED) is 0.120. The van der Waals surface area contributed by atoms with Crippen LogP contribution in [0, 0.1) is 10.1 Å². The number of fused-ring (bicyclic) bond motifs is 1. The van der Waals surface area contributed by atoms with E-state index in [0.717, 1.165) is 10.0 Å². The zero-order valence-corrected chi connectivity index (χ0v) is 23.2. The van der Waals surface area contributed by atoms with Gasteiger partial charge in [-0.2, -0.15) is 9.78 Å². The van der Waals surface area contributed by atoms with Gasteiger partial charge in [-0.1, -0.05) is 41.4 Å². The average Bonchev–Trinajstić information content (AvgIpc) is 2.88. The maximum atomic E-state index is 13.3. The molecular weight excluding hydrogens is 576 g/mol. The van der Waals surface area contributed by atoms with Gasteiger partial charge in [-0.05, 0) is 60.5 Å². The number of nitro benzene ring substituents is 1. The Morgan fingerprint density at radius 3 is 2.55 bits per heavy atom. The molecule has 4 aromatic rings. The summed E-state index contributed by atoms with van der Waals surface area (Å²) in [5.74, 6) is 1.22. The lowest BCUT2D eigenvalue weighted by Crippen LogP contribution is -2.23. The Hall–Kier alpha value is -3.76. The summed E-state index contributed by atoms with van der Waals surface area (Å²) in [5.41, 5.74) is 1.65. The molecule has 0 bridgehead atoms. The van der Waals surface area contributed by atoms with Gasteiger partial charge in [0, 0.05) is 22.5 Å². The van der Waals surface area contributed by atoms with Gasteiger partial charge in [0.05, 0.1) is 33.7 Å². The highest BCUT2D eigenvalue weighted by atomic mass is 79.9. The van der Waals surface area contributed by atoms with Crippen LogP contribution < -0.4 is 15.0 Å². The van der Waals surface area contributed by atoms with Crippen molar-refractivity contribution in [1.29, 1.82) is 0 Å². The summed E-state index contributed by atoms with van der Waals surface area (Å²) < 4.78 is 13.7. The number of non-ortho nitro benzene ring substituents is 1. The maximum Gasteiger partial charge on any atom is 0.282 e. The molecule has 3 aromatic carbocycles. The molecular formula is C27H24BrClN4O5. The van der Waals surface area contributed by atoms with Gasteiger partial charge >= 0.3 is 0 Å². The van der Waals surface area contributed by atoms with E-state index in [1.54, 1.807) is 36.4 Å². The zero-order valence-electron chi connectivity index (χ0n) is 20.9. The highest BCUT2D eigenvalue weighted by Crippen LogP contribution is 2.37. The van der Waals surface area contributed by atoms with Gasteiger partial charge in [0.1, 0.15) is 12.4 Å². The van der Waals surface area contributed by atoms with Crippen LogP contribution in [0.5, 0.6) is 11.5 Å². The molecule has 9 nitrogen and oxygen atoms in total. The van der Waals surface area contributed by atoms with Crippen molar-refractivity contribution >= 4 is 50.3 Å². The van der Waals surface area contributed by atoms with Gasteiger partial charge < -0.3 is 9.47 Å². The third-order valence-electron chi connectivity index (χ3n) is 5.53. The van der Waals surface area contributed by atoms with Crippen LogP contribution in [0.15, 0.2) is 69.0 Å². The summed E-state index contributed by atoms with van der Waals surface area (Å²) in [7, 11) is 0. The molecule has 0 aliphatic heterocycles. The first kappa shape index (κ1) is 27.3. The van der Waals surface area contributed by atoms with Crippen molar-refractivity contribution in [3.8, 4) is 11.5 Å². The van der Waals surface area contributed by atoms with Crippen LogP contribution >= 0.6 is 27.5 Å². The van der Waals surface area contributed by atoms with Gasteiger partial charge in [-0.15, -0.1) is 0 Å². The molecule has 1 heterocycles. The summed E-state index contributed by atoms with van der Waals surface area (Å²) in [6.07, 6.45) is 1.52. The van der Waals surface area contributed by atoms with Crippen molar-refractivity contribution in [3.63, 3.8) is 0 Å². The Labute approximate surface area is 232 Å². The van der Waals surface area contributed by atoms with E-state index in [1.807, 2.05) is 26.8 Å². The smallest absolute Gasteiger partial charge is 0.282 e. The largest absolute Gasteiger partial charge is 0.490 e. The van der Waals surface area contributed by atoms with Crippen molar-refractivity contribution < 1.29 is 14.4 Å². The van der Waals surface area contributed by atoms with Gasteiger partial charge in [0.15, 0.2) is 11.5 Å². The van der Waals surface area contributed by atoms with E-state index < -0.39 is 4.92 Å². The van der Waals surface area contributed by atoms with Crippen LogP contribution in [0.1, 0.15) is 43.6 Å². The highest BCUT2D eigenvalue weighted by Gasteiger charge is 2.16. The van der Waals surface area contributed by atoms with Crippen LogP contribution in [0.2, 0.25) is 5.02 Å². The van der Waals surface area contributed by atoms with Crippen molar-refractivity contribution in [2.45, 2.75) is 33.3 Å². The molecule has 4 rings (SSSR count). The monoisotopic (exact) mass is 598 g/mol. The fraction of sp³-hybridized carbons (Fsp3) is 0.222. The molecule has 0 unspecified atom stereocenters. The molecule has 0 saturated heterocycles.